The summed E-state index contributed by atoms with van der Waals surface area (Å²) < 4.78 is 0. The largest absolute Gasteiger partial charge is 0.358 e. The van der Waals surface area contributed by atoms with Gasteiger partial charge >= 0.3 is 0 Å². The van der Waals surface area contributed by atoms with Gasteiger partial charge in [-0.15, -0.1) is 0 Å². The third kappa shape index (κ3) is 3.13. The van der Waals surface area contributed by atoms with Crippen molar-refractivity contribution in [1.82, 2.24) is 10.7 Å². The molecule has 1 aromatic rings. The molecule has 0 aliphatic heterocycles. The molecule has 106 valence electrons. The monoisotopic (exact) mass is 307 g/mol. The molecule has 2 saturated carbocycles. The summed E-state index contributed by atoms with van der Waals surface area (Å²) in [6.07, 6.45) is 7.04. The van der Waals surface area contributed by atoms with Crippen LogP contribution in [0.25, 0.3) is 0 Å². The maximum absolute atomic E-state index is 6.05. The van der Waals surface area contributed by atoms with Crippen LogP contribution in [0.15, 0.2) is 29.4 Å². The molecule has 5 heteroatoms. The summed E-state index contributed by atoms with van der Waals surface area (Å²) in [5.41, 5.74) is 3.75. The molecule has 0 amide bonds. The van der Waals surface area contributed by atoms with Crippen LogP contribution in [0.4, 0.5) is 0 Å². The molecular formula is C15H18ClN3S. The Morgan fingerprint density at radius 2 is 2.15 bits per heavy atom. The van der Waals surface area contributed by atoms with Crippen molar-refractivity contribution in [3.05, 3.63) is 34.9 Å². The highest BCUT2D eigenvalue weighted by molar-refractivity contribution is 7.80. The maximum atomic E-state index is 6.05. The lowest BCUT2D eigenvalue weighted by molar-refractivity contribution is 0.389. The van der Waals surface area contributed by atoms with Gasteiger partial charge in [0.1, 0.15) is 0 Å². The molecule has 2 N–H and O–H groups in total. The van der Waals surface area contributed by atoms with Crippen molar-refractivity contribution >= 4 is 35.1 Å². The molecule has 0 aromatic heterocycles. The van der Waals surface area contributed by atoms with Crippen LogP contribution >= 0.6 is 23.8 Å². The number of fused-ring (bicyclic) bond motifs is 2. The minimum atomic E-state index is 0.532. The number of halogens is 1. The molecule has 2 aliphatic rings. The summed E-state index contributed by atoms with van der Waals surface area (Å²) in [7, 11) is 0. The average Bonchev–Trinajstić information content (AvgIpc) is 3.03. The molecule has 2 fully saturated rings. The zero-order chi connectivity index (χ0) is 13.9. The lowest BCUT2D eigenvalue weighted by Crippen LogP contribution is -2.42. The first kappa shape index (κ1) is 13.8. The van der Waals surface area contributed by atoms with Gasteiger partial charge in [-0.3, -0.25) is 5.43 Å². The number of hydrogen-bond donors (Lipinski definition) is 2. The van der Waals surface area contributed by atoms with Crippen molar-refractivity contribution in [3.63, 3.8) is 0 Å². The molecule has 0 unspecified atom stereocenters. The van der Waals surface area contributed by atoms with Crippen LogP contribution in [-0.4, -0.2) is 17.4 Å². The summed E-state index contributed by atoms with van der Waals surface area (Å²) in [6, 6.07) is 8.12. The fourth-order valence-corrected chi connectivity index (χ4v) is 3.75. The molecule has 0 heterocycles. The minimum absolute atomic E-state index is 0.532. The Hall–Kier alpha value is -1.13. The fraction of sp³-hybridized carbons (Fsp3) is 0.467. The van der Waals surface area contributed by atoms with Gasteiger partial charge < -0.3 is 5.32 Å². The SMILES string of the molecule is S=C(N/N=C\c1ccccc1Cl)N[C@@H]1C[C@H]2CC[C@H]1C2. The third-order valence-corrected chi connectivity index (χ3v) is 4.88. The normalized spacial score (nSPS) is 27.9. The van der Waals surface area contributed by atoms with E-state index in [0.29, 0.717) is 16.2 Å². The molecule has 20 heavy (non-hydrogen) atoms. The van der Waals surface area contributed by atoms with Crippen molar-refractivity contribution < 1.29 is 0 Å². The van der Waals surface area contributed by atoms with Crippen LogP contribution in [0.3, 0.4) is 0 Å². The molecule has 3 rings (SSSR count). The Morgan fingerprint density at radius 3 is 2.85 bits per heavy atom. The Bertz CT molecular complexity index is 532. The van der Waals surface area contributed by atoms with E-state index in [9.17, 15) is 0 Å². The van der Waals surface area contributed by atoms with E-state index in [1.165, 1.54) is 25.7 Å². The Labute approximate surface area is 129 Å². The highest BCUT2D eigenvalue weighted by Crippen LogP contribution is 2.44. The van der Waals surface area contributed by atoms with Gasteiger partial charge in [0.2, 0.25) is 0 Å². The van der Waals surface area contributed by atoms with E-state index in [2.05, 4.69) is 15.8 Å². The molecule has 3 nitrogen and oxygen atoms in total. The quantitative estimate of drug-likeness (QED) is 0.511. The number of nitrogens with zero attached hydrogens (tertiary/aromatic N) is 1. The van der Waals surface area contributed by atoms with E-state index in [-0.39, 0.29) is 0 Å². The minimum Gasteiger partial charge on any atom is -0.358 e. The Balaban J connectivity index is 1.49. The van der Waals surface area contributed by atoms with Crippen LogP contribution in [0.5, 0.6) is 0 Å². The van der Waals surface area contributed by atoms with Crippen molar-refractivity contribution in [2.75, 3.05) is 0 Å². The first-order valence-electron chi connectivity index (χ1n) is 7.06. The third-order valence-electron chi connectivity index (χ3n) is 4.33. The lowest BCUT2D eigenvalue weighted by Gasteiger charge is -2.23. The van der Waals surface area contributed by atoms with Crippen molar-refractivity contribution in [1.29, 1.82) is 0 Å². The molecule has 1 aromatic carbocycles. The zero-order valence-electron chi connectivity index (χ0n) is 11.2. The van der Waals surface area contributed by atoms with Gasteiger partial charge in [-0.05, 0) is 49.4 Å². The molecule has 0 spiro atoms. The second-order valence-corrected chi connectivity index (χ2v) is 6.46. The predicted molar refractivity (Wildman–Crippen MR) is 87.2 cm³/mol. The van der Waals surface area contributed by atoms with Gasteiger partial charge in [-0.2, -0.15) is 5.10 Å². The summed E-state index contributed by atoms with van der Waals surface area (Å²) >= 11 is 11.3. The van der Waals surface area contributed by atoms with Crippen molar-refractivity contribution in [2.45, 2.75) is 31.7 Å². The number of thiocarbonyl (C=S) groups is 1. The summed E-state index contributed by atoms with van der Waals surface area (Å²) in [6.45, 7) is 0. The zero-order valence-corrected chi connectivity index (χ0v) is 12.8. The van der Waals surface area contributed by atoms with E-state index in [1.54, 1.807) is 6.21 Å². The predicted octanol–water partition coefficient (Wildman–Crippen LogP) is 3.33. The van der Waals surface area contributed by atoms with Crippen LogP contribution in [-0.2, 0) is 0 Å². The summed E-state index contributed by atoms with van der Waals surface area (Å²) in [5, 5.41) is 8.82. The molecule has 2 aliphatic carbocycles. The molecule has 0 saturated heterocycles. The standard InChI is InChI=1S/C15H18ClN3S/c16-13-4-2-1-3-12(13)9-17-19-15(20)18-14-8-10-5-6-11(14)7-10/h1-4,9-11,14H,5-8H2,(H2,18,19,20)/b17-9-/t10-,11-,14+/m0/s1. The maximum Gasteiger partial charge on any atom is 0.187 e. The number of nitrogens with one attached hydrogen (secondary N) is 2. The van der Waals surface area contributed by atoms with E-state index in [0.717, 1.165) is 17.4 Å². The van der Waals surface area contributed by atoms with Gasteiger partial charge in [0.05, 0.1) is 6.21 Å². The van der Waals surface area contributed by atoms with Crippen molar-refractivity contribution in [3.8, 4) is 0 Å². The number of benzene rings is 1. The molecule has 3 atom stereocenters. The average molecular weight is 308 g/mol. The number of rotatable bonds is 3. The fourth-order valence-electron chi connectivity index (χ4n) is 3.36. The van der Waals surface area contributed by atoms with E-state index in [4.69, 9.17) is 23.8 Å². The summed E-state index contributed by atoms with van der Waals surface area (Å²) in [4.78, 5) is 0. The van der Waals surface area contributed by atoms with Gasteiger partial charge in [0, 0.05) is 16.6 Å². The smallest absolute Gasteiger partial charge is 0.187 e. The first-order chi connectivity index (χ1) is 9.72. The van der Waals surface area contributed by atoms with Crippen LogP contribution in [0.1, 0.15) is 31.2 Å². The lowest BCUT2D eigenvalue weighted by atomic mass is 9.96. The second-order valence-electron chi connectivity index (χ2n) is 5.65. The second kappa shape index (κ2) is 6.10. The van der Waals surface area contributed by atoms with Gasteiger partial charge in [0.25, 0.3) is 0 Å². The molecular weight excluding hydrogens is 290 g/mol. The van der Waals surface area contributed by atoms with E-state index in [1.807, 2.05) is 24.3 Å². The Kier molecular flexibility index (Phi) is 4.22. The van der Waals surface area contributed by atoms with Gasteiger partial charge in [-0.1, -0.05) is 36.2 Å². The highest BCUT2D eigenvalue weighted by Gasteiger charge is 2.39. The van der Waals surface area contributed by atoms with Gasteiger partial charge in [0.15, 0.2) is 5.11 Å². The molecule has 0 radical (unpaired) electrons. The highest BCUT2D eigenvalue weighted by atomic mass is 35.5. The van der Waals surface area contributed by atoms with Crippen LogP contribution < -0.4 is 10.7 Å². The topological polar surface area (TPSA) is 36.4 Å². The van der Waals surface area contributed by atoms with Gasteiger partial charge in [-0.25, -0.2) is 0 Å². The van der Waals surface area contributed by atoms with Crippen LogP contribution in [0.2, 0.25) is 5.02 Å². The Morgan fingerprint density at radius 1 is 1.30 bits per heavy atom. The summed E-state index contributed by atoms with van der Waals surface area (Å²) in [5.74, 6) is 1.71. The molecule has 2 bridgehead atoms. The van der Waals surface area contributed by atoms with E-state index < -0.39 is 0 Å². The van der Waals surface area contributed by atoms with E-state index >= 15 is 0 Å². The first-order valence-corrected chi connectivity index (χ1v) is 7.85. The number of hydrazone groups is 1. The van der Waals surface area contributed by atoms with Crippen molar-refractivity contribution in [2.24, 2.45) is 16.9 Å². The van der Waals surface area contributed by atoms with Crippen LogP contribution in [0, 0.1) is 11.8 Å². The number of hydrogen-bond acceptors (Lipinski definition) is 2.